The molecule has 2 aromatic heterocycles. The predicted molar refractivity (Wildman–Crippen MR) is 74.8 cm³/mol. The maximum absolute atomic E-state index is 11.1. The summed E-state index contributed by atoms with van der Waals surface area (Å²) < 4.78 is 1.96. The fraction of sp³-hybridized carbons (Fsp3) is 0.0667. The predicted octanol–water partition coefficient (Wildman–Crippen LogP) is 2.64. The first-order chi connectivity index (χ1) is 9.58. The van der Waals surface area contributed by atoms with E-state index in [-0.39, 0.29) is 11.3 Å². The summed E-state index contributed by atoms with van der Waals surface area (Å²) in [6, 6.07) is 9.19. The topological polar surface area (TPSA) is 75.4 Å². The summed E-state index contributed by atoms with van der Waals surface area (Å²) in [5.41, 5.74) is 2.25. The van der Waals surface area contributed by atoms with Crippen LogP contribution in [0.1, 0.15) is 10.4 Å². The molecule has 20 heavy (non-hydrogen) atoms. The molecule has 100 valence electrons. The van der Waals surface area contributed by atoms with Gasteiger partial charge in [-0.1, -0.05) is 18.2 Å². The lowest BCUT2D eigenvalue weighted by Crippen LogP contribution is -1.98. The molecule has 0 aliphatic rings. The van der Waals surface area contributed by atoms with Crippen molar-refractivity contribution in [3.8, 4) is 17.0 Å². The number of carbonyl (C=O) groups is 1. The Kier molecular flexibility index (Phi) is 2.68. The third-order valence-corrected chi connectivity index (χ3v) is 3.29. The largest absolute Gasteiger partial charge is 0.505 e. The summed E-state index contributed by atoms with van der Waals surface area (Å²) in [6.45, 7) is 0. The molecule has 0 unspecified atom stereocenters. The number of fused-ring (bicyclic) bond motifs is 1. The number of para-hydroxylation sites is 1. The summed E-state index contributed by atoms with van der Waals surface area (Å²) in [5.74, 6) is -1.51. The van der Waals surface area contributed by atoms with Crippen molar-refractivity contribution in [3.63, 3.8) is 0 Å². The van der Waals surface area contributed by atoms with Crippen molar-refractivity contribution in [3.05, 3.63) is 48.3 Å². The van der Waals surface area contributed by atoms with Crippen molar-refractivity contribution in [1.29, 1.82) is 0 Å². The highest BCUT2D eigenvalue weighted by Crippen LogP contribution is 2.30. The van der Waals surface area contributed by atoms with Gasteiger partial charge in [0.15, 0.2) is 0 Å². The number of aromatic nitrogens is 2. The minimum atomic E-state index is -1.17. The third-order valence-electron chi connectivity index (χ3n) is 3.29. The van der Waals surface area contributed by atoms with E-state index in [0.717, 1.165) is 16.5 Å². The third kappa shape index (κ3) is 1.80. The van der Waals surface area contributed by atoms with Gasteiger partial charge in [0.05, 0.1) is 11.9 Å². The molecule has 0 amide bonds. The number of benzene rings is 1. The number of aryl methyl sites for hydroxylation is 1. The molecule has 3 rings (SSSR count). The monoisotopic (exact) mass is 268 g/mol. The lowest BCUT2D eigenvalue weighted by molar-refractivity contribution is 0.0693. The number of hydrogen-bond acceptors (Lipinski definition) is 3. The Hall–Kier alpha value is -2.82. The van der Waals surface area contributed by atoms with Gasteiger partial charge in [-0.2, -0.15) is 0 Å². The highest BCUT2D eigenvalue weighted by molar-refractivity contribution is 5.97. The van der Waals surface area contributed by atoms with Gasteiger partial charge in [0, 0.05) is 29.7 Å². The van der Waals surface area contributed by atoms with Crippen molar-refractivity contribution in [1.82, 2.24) is 9.55 Å². The average Bonchev–Trinajstić information content (AvgIpc) is 2.77. The van der Waals surface area contributed by atoms with Gasteiger partial charge >= 0.3 is 5.97 Å². The van der Waals surface area contributed by atoms with Gasteiger partial charge < -0.3 is 14.8 Å². The van der Waals surface area contributed by atoms with Gasteiger partial charge in [-0.25, -0.2) is 4.79 Å². The van der Waals surface area contributed by atoms with E-state index in [1.54, 1.807) is 0 Å². The van der Waals surface area contributed by atoms with Crippen molar-refractivity contribution in [2.24, 2.45) is 7.05 Å². The van der Waals surface area contributed by atoms with Crippen molar-refractivity contribution < 1.29 is 15.0 Å². The first-order valence-electron chi connectivity index (χ1n) is 6.04. The van der Waals surface area contributed by atoms with Gasteiger partial charge in [-0.3, -0.25) is 4.98 Å². The van der Waals surface area contributed by atoms with Crippen LogP contribution in [0.15, 0.2) is 42.7 Å². The first kappa shape index (κ1) is 12.2. The standard InChI is InChI=1S/C15H12N2O3/c1-17-8-11(9-4-2-3-5-13(9)17)12-6-10(15(19)20)14(18)7-16-12/h2-8,18H,1H3,(H,19,20). The van der Waals surface area contributed by atoms with E-state index >= 15 is 0 Å². The zero-order valence-electron chi connectivity index (χ0n) is 10.7. The van der Waals surface area contributed by atoms with E-state index in [0.29, 0.717) is 5.69 Å². The van der Waals surface area contributed by atoms with Crippen LogP contribution in [0.2, 0.25) is 0 Å². The van der Waals surface area contributed by atoms with Gasteiger partial charge in [0.25, 0.3) is 0 Å². The molecule has 0 aliphatic carbocycles. The fourth-order valence-electron chi connectivity index (χ4n) is 2.31. The first-order valence-corrected chi connectivity index (χ1v) is 6.04. The number of hydrogen-bond donors (Lipinski definition) is 2. The van der Waals surface area contributed by atoms with Crippen LogP contribution in [0.3, 0.4) is 0 Å². The van der Waals surface area contributed by atoms with E-state index in [2.05, 4.69) is 4.98 Å². The van der Waals surface area contributed by atoms with Crippen LogP contribution in [0, 0.1) is 0 Å². The molecule has 2 N–H and O–H groups in total. The number of aromatic carboxylic acids is 1. The molecule has 1 aromatic carbocycles. The summed E-state index contributed by atoms with van der Waals surface area (Å²) in [6.07, 6.45) is 3.07. The maximum Gasteiger partial charge on any atom is 0.339 e. The summed E-state index contributed by atoms with van der Waals surface area (Å²) in [7, 11) is 1.92. The van der Waals surface area contributed by atoms with Crippen LogP contribution in [0.4, 0.5) is 0 Å². The zero-order chi connectivity index (χ0) is 14.3. The van der Waals surface area contributed by atoms with Gasteiger partial charge in [0.2, 0.25) is 0 Å². The molecule has 0 spiro atoms. The van der Waals surface area contributed by atoms with E-state index in [4.69, 9.17) is 5.11 Å². The lowest BCUT2D eigenvalue weighted by atomic mass is 10.1. The summed E-state index contributed by atoms with van der Waals surface area (Å²) in [5, 5.41) is 19.6. The highest BCUT2D eigenvalue weighted by Gasteiger charge is 2.15. The zero-order valence-corrected chi connectivity index (χ0v) is 10.7. The van der Waals surface area contributed by atoms with E-state index in [1.807, 2.05) is 42.1 Å². The molecule has 0 radical (unpaired) electrons. The number of carboxylic acid groups (broad SMARTS) is 1. The number of aromatic hydroxyl groups is 1. The van der Waals surface area contributed by atoms with Crippen LogP contribution in [0.5, 0.6) is 5.75 Å². The lowest BCUT2D eigenvalue weighted by Gasteiger charge is -2.03. The quantitative estimate of drug-likeness (QED) is 0.749. The van der Waals surface area contributed by atoms with Gasteiger partial charge in [-0.05, 0) is 12.1 Å². The normalized spacial score (nSPS) is 10.8. The highest BCUT2D eigenvalue weighted by atomic mass is 16.4. The minimum Gasteiger partial charge on any atom is -0.505 e. The van der Waals surface area contributed by atoms with Crippen molar-refractivity contribution in [2.45, 2.75) is 0 Å². The summed E-state index contributed by atoms with van der Waals surface area (Å²) >= 11 is 0. The molecule has 0 atom stereocenters. The minimum absolute atomic E-state index is 0.150. The number of rotatable bonds is 2. The van der Waals surface area contributed by atoms with Gasteiger partial charge in [0.1, 0.15) is 11.3 Å². The molecule has 0 saturated heterocycles. The molecule has 2 heterocycles. The second kappa shape index (κ2) is 4.38. The van der Waals surface area contributed by atoms with Gasteiger partial charge in [-0.15, -0.1) is 0 Å². The summed E-state index contributed by atoms with van der Waals surface area (Å²) in [4.78, 5) is 15.2. The van der Waals surface area contributed by atoms with E-state index in [9.17, 15) is 9.90 Å². The number of carboxylic acids is 1. The molecule has 0 bridgehead atoms. The smallest absolute Gasteiger partial charge is 0.339 e. The molecule has 0 saturated carbocycles. The average molecular weight is 268 g/mol. The molecule has 5 nitrogen and oxygen atoms in total. The molecule has 5 heteroatoms. The number of pyridine rings is 1. The molecule has 0 fully saturated rings. The van der Waals surface area contributed by atoms with Crippen LogP contribution in [-0.4, -0.2) is 25.7 Å². The molecular weight excluding hydrogens is 256 g/mol. The molecule has 0 aliphatic heterocycles. The Bertz CT molecular complexity index is 821. The second-order valence-electron chi connectivity index (χ2n) is 4.56. The Balaban J connectivity index is 2.26. The van der Waals surface area contributed by atoms with E-state index in [1.165, 1.54) is 12.3 Å². The van der Waals surface area contributed by atoms with E-state index < -0.39 is 5.97 Å². The van der Waals surface area contributed by atoms with Crippen LogP contribution in [0.25, 0.3) is 22.2 Å². The fourth-order valence-corrected chi connectivity index (χ4v) is 2.31. The Labute approximate surface area is 114 Å². The molecular formula is C15H12N2O3. The van der Waals surface area contributed by atoms with Crippen LogP contribution in [-0.2, 0) is 7.05 Å². The van der Waals surface area contributed by atoms with Crippen LogP contribution >= 0.6 is 0 Å². The SMILES string of the molecule is Cn1cc(-c2cc(C(=O)O)c(O)cn2)c2ccccc21. The Morgan fingerprint density at radius 3 is 2.80 bits per heavy atom. The van der Waals surface area contributed by atoms with Crippen molar-refractivity contribution in [2.75, 3.05) is 0 Å². The Morgan fingerprint density at radius 2 is 2.05 bits per heavy atom. The Morgan fingerprint density at radius 1 is 1.30 bits per heavy atom. The second-order valence-corrected chi connectivity index (χ2v) is 4.56. The van der Waals surface area contributed by atoms with Crippen LogP contribution < -0.4 is 0 Å². The maximum atomic E-state index is 11.1. The van der Waals surface area contributed by atoms with Crippen molar-refractivity contribution >= 4 is 16.9 Å². The molecule has 3 aromatic rings. The number of nitrogens with zero attached hydrogens (tertiary/aromatic N) is 2.